The highest BCUT2D eigenvalue weighted by molar-refractivity contribution is 7.14. The molecule has 0 aromatic carbocycles. The van der Waals surface area contributed by atoms with Gasteiger partial charge in [0.05, 0.1) is 5.56 Å². The quantitative estimate of drug-likeness (QED) is 0.786. The van der Waals surface area contributed by atoms with Crippen molar-refractivity contribution in [1.29, 1.82) is 0 Å². The third-order valence-corrected chi connectivity index (χ3v) is 4.12. The Kier molecular flexibility index (Phi) is 3.70. The van der Waals surface area contributed by atoms with E-state index in [1.54, 1.807) is 12.4 Å². The second-order valence-corrected chi connectivity index (χ2v) is 5.82. The lowest BCUT2D eigenvalue weighted by Gasteiger charge is -1.99. The van der Waals surface area contributed by atoms with Gasteiger partial charge in [0.2, 0.25) is 0 Å². The lowest BCUT2D eigenvalue weighted by atomic mass is 10.3. The molecule has 6 heteroatoms. The van der Waals surface area contributed by atoms with Crippen molar-refractivity contribution in [3.63, 3.8) is 0 Å². The predicted molar refractivity (Wildman–Crippen MR) is 75.3 cm³/mol. The molecule has 0 atom stereocenters. The molecule has 2 aromatic rings. The lowest BCUT2D eigenvalue weighted by molar-refractivity contribution is 0.643. The Bertz CT molecular complexity index is 602. The Balaban J connectivity index is 1.59. The summed E-state index contributed by atoms with van der Waals surface area (Å²) in [4.78, 5) is 14.6. The fraction of sp³-hybridized carbons (Fsp3) is 0.462. The zero-order chi connectivity index (χ0) is 13.1. The van der Waals surface area contributed by atoms with Gasteiger partial charge in [0.15, 0.2) is 10.4 Å². The van der Waals surface area contributed by atoms with Crippen molar-refractivity contribution in [1.82, 2.24) is 20.5 Å². The monoisotopic (exact) mass is 276 g/mol. The summed E-state index contributed by atoms with van der Waals surface area (Å²) >= 11 is 1.50. The summed E-state index contributed by atoms with van der Waals surface area (Å²) in [5.41, 5.74) is 0.583. The molecule has 2 N–H and O–H groups in total. The van der Waals surface area contributed by atoms with E-state index in [1.807, 2.05) is 0 Å². The second-order valence-electron chi connectivity index (χ2n) is 4.76. The van der Waals surface area contributed by atoms with Crippen LogP contribution >= 0.6 is 11.3 Å². The fourth-order valence-corrected chi connectivity index (χ4v) is 2.78. The van der Waals surface area contributed by atoms with Gasteiger partial charge < -0.3 is 10.3 Å². The average molecular weight is 276 g/mol. The van der Waals surface area contributed by atoms with E-state index < -0.39 is 0 Å². The Labute approximate surface area is 115 Å². The van der Waals surface area contributed by atoms with Gasteiger partial charge in [0, 0.05) is 30.9 Å². The van der Waals surface area contributed by atoms with Crippen molar-refractivity contribution in [3.05, 3.63) is 33.7 Å². The van der Waals surface area contributed by atoms with Crippen molar-refractivity contribution in [2.75, 3.05) is 6.54 Å². The van der Waals surface area contributed by atoms with Crippen LogP contribution in [0.3, 0.4) is 0 Å². The molecule has 0 saturated heterocycles. The maximum absolute atomic E-state index is 11.7. The van der Waals surface area contributed by atoms with Crippen LogP contribution in [0, 0.1) is 0 Å². The summed E-state index contributed by atoms with van der Waals surface area (Å²) in [5, 5.41) is 13.4. The van der Waals surface area contributed by atoms with Crippen molar-refractivity contribution >= 4 is 11.3 Å². The standard InChI is InChI=1S/C13H16N4OS/c18-11-5-7-14-8-10(11)13-17-16-12(19-13)2-1-6-15-9-3-4-9/h5,7-9,15H,1-4,6H2,(H,14,18). The molecule has 19 heavy (non-hydrogen) atoms. The Morgan fingerprint density at radius 1 is 1.42 bits per heavy atom. The van der Waals surface area contributed by atoms with Crippen LogP contribution < -0.4 is 10.7 Å². The van der Waals surface area contributed by atoms with Gasteiger partial charge in [0.1, 0.15) is 5.01 Å². The maximum atomic E-state index is 11.7. The normalized spacial score (nSPS) is 14.7. The SMILES string of the molecule is O=c1cc[nH]cc1-c1nnc(CCCNC2CC2)s1. The van der Waals surface area contributed by atoms with Crippen molar-refractivity contribution < 1.29 is 0 Å². The first-order valence-electron chi connectivity index (χ1n) is 6.56. The Morgan fingerprint density at radius 3 is 3.11 bits per heavy atom. The summed E-state index contributed by atoms with van der Waals surface area (Å²) in [6.45, 7) is 1.03. The summed E-state index contributed by atoms with van der Waals surface area (Å²) in [6, 6.07) is 2.27. The smallest absolute Gasteiger partial charge is 0.191 e. The summed E-state index contributed by atoms with van der Waals surface area (Å²) < 4.78 is 0. The zero-order valence-electron chi connectivity index (χ0n) is 10.6. The van der Waals surface area contributed by atoms with Crippen LogP contribution in [-0.4, -0.2) is 27.8 Å². The molecule has 1 fully saturated rings. The largest absolute Gasteiger partial charge is 0.367 e. The van der Waals surface area contributed by atoms with Crippen molar-refractivity contribution in [3.8, 4) is 10.6 Å². The number of nitrogens with one attached hydrogen (secondary N) is 2. The maximum Gasteiger partial charge on any atom is 0.191 e. The molecule has 1 aliphatic rings. The molecule has 2 heterocycles. The molecule has 0 spiro atoms. The number of aryl methyl sites for hydroxylation is 1. The van der Waals surface area contributed by atoms with E-state index in [-0.39, 0.29) is 5.43 Å². The zero-order valence-corrected chi connectivity index (χ0v) is 11.4. The molecule has 0 radical (unpaired) electrons. The first-order valence-corrected chi connectivity index (χ1v) is 7.38. The van der Waals surface area contributed by atoms with E-state index >= 15 is 0 Å². The number of H-pyrrole nitrogens is 1. The minimum atomic E-state index is -0.0168. The number of rotatable bonds is 6. The number of hydrogen-bond acceptors (Lipinski definition) is 5. The second kappa shape index (κ2) is 5.63. The number of aromatic nitrogens is 3. The molecule has 0 unspecified atom stereocenters. The van der Waals surface area contributed by atoms with Crippen molar-refractivity contribution in [2.45, 2.75) is 31.7 Å². The first kappa shape index (κ1) is 12.5. The number of hydrogen-bond donors (Lipinski definition) is 2. The predicted octanol–water partition coefficient (Wildman–Crippen LogP) is 1.58. The molecule has 3 rings (SSSR count). The van der Waals surface area contributed by atoms with Gasteiger partial charge in [-0.2, -0.15) is 0 Å². The van der Waals surface area contributed by atoms with Gasteiger partial charge in [-0.25, -0.2) is 0 Å². The Morgan fingerprint density at radius 2 is 2.32 bits per heavy atom. The van der Waals surface area contributed by atoms with Gasteiger partial charge >= 0.3 is 0 Å². The molecule has 100 valence electrons. The van der Waals surface area contributed by atoms with Crippen LogP contribution in [0.2, 0.25) is 0 Å². The molecule has 0 bridgehead atoms. The van der Waals surface area contributed by atoms with Crippen molar-refractivity contribution in [2.24, 2.45) is 0 Å². The first-order chi connectivity index (χ1) is 9.33. The average Bonchev–Trinajstić information content (AvgIpc) is 3.13. The van der Waals surface area contributed by atoms with Gasteiger partial charge in [-0.1, -0.05) is 11.3 Å². The van der Waals surface area contributed by atoms with E-state index in [1.165, 1.54) is 30.2 Å². The van der Waals surface area contributed by atoms with E-state index in [2.05, 4.69) is 20.5 Å². The lowest BCUT2D eigenvalue weighted by Crippen LogP contribution is -2.17. The highest BCUT2D eigenvalue weighted by Crippen LogP contribution is 2.21. The molecule has 5 nitrogen and oxygen atoms in total. The summed E-state index contributed by atoms with van der Waals surface area (Å²) in [5.74, 6) is 0. The Hall–Kier alpha value is -1.53. The fourth-order valence-electron chi connectivity index (χ4n) is 1.88. The van der Waals surface area contributed by atoms with Crippen LogP contribution in [0.5, 0.6) is 0 Å². The van der Waals surface area contributed by atoms with Crippen LogP contribution in [0.15, 0.2) is 23.3 Å². The van der Waals surface area contributed by atoms with E-state index in [0.29, 0.717) is 10.6 Å². The topological polar surface area (TPSA) is 70.7 Å². The minimum Gasteiger partial charge on any atom is -0.367 e. The van der Waals surface area contributed by atoms with Crippen LogP contribution in [0.25, 0.3) is 10.6 Å². The number of aromatic amines is 1. The van der Waals surface area contributed by atoms with Gasteiger partial charge in [-0.05, 0) is 25.8 Å². The third kappa shape index (κ3) is 3.27. The van der Waals surface area contributed by atoms with Crippen LogP contribution in [0.4, 0.5) is 0 Å². The molecule has 2 aromatic heterocycles. The summed E-state index contributed by atoms with van der Waals surface area (Å²) in [6.07, 6.45) is 7.93. The molecular weight excluding hydrogens is 260 g/mol. The van der Waals surface area contributed by atoms with E-state index in [4.69, 9.17) is 0 Å². The number of nitrogens with zero attached hydrogens (tertiary/aromatic N) is 2. The number of pyridine rings is 1. The van der Waals surface area contributed by atoms with Crippen LogP contribution in [-0.2, 0) is 6.42 Å². The molecule has 0 amide bonds. The minimum absolute atomic E-state index is 0.0168. The van der Waals surface area contributed by atoms with E-state index in [9.17, 15) is 4.79 Å². The third-order valence-electron chi connectivity index (χ3n) is 3.10. The molecule has 1 saturated carbocycles. The van der Waals surface area contributed by atoms with Gasteiger partial charge in [0.25, 0.3) is 0 Å². The molecule has 1 aliphatic carbocycles. The van der Waals surface area contributed by atoms with Crippen LogP contribution in [0.1, 0.15) is 24.3 Å². The highest BCUT2D eigenvalue weighted by atomic mass is 32.1. The van der Waals surface area contributed by atoms with E-state index in [0.717, 1.165) is 30.4 Å². The van der Waals surface area contributed by atoms with Gasteiger partial charge in [-0.15, -0.1) is 10.2 Å². The van der Waals surface area contributed by atoms with Gasteiger partial charge in [-0.3, -0.25) is 4.79 Å². The summed E-state index contributed by atoms with van der Waals surface area (Å²) in [7, 11) is 0. The molecular formula is C13H16N4OS. The highest BCUT2D eigenvalue weighted by Gasteiger charge is 2.19. The molecule has 0 aliphatic heterocycles.